The molecule has 2 aromatic carbocycles. The maximum absolute atomic E-state index is 13.5. The van der Waals surface area contributed by atoms with Crippen molar-refractivity contribution in [3.05, 3.63) is 95.6 Å². The van der Waals surface area contributed by atoms with Gasteiger partial charge in [0, 0.05) is 42.8 Å². The van der Waals surface area contributed by atoms with E-state index in [4.69, 9.17) is 4.42 Å². The molecule has 1 spiro atoms. The highest BCUT2D eigenvalue weighted by atomic mass is 35.5. The van der Waals surface area contributed by atoms with Gasteiger partial charge in [0.05, 0.1) is 11.8 Å². The van der Waals surface area contributed by atoms with Crippen molar-refractivity contribution in [2.24, 2.45) is 0 Å². The summed E-state index contributed by atoms with van der Waals surface area (Å²) in [5.74, 6) is 0.423. The largest absolute Gasteiger partial charge is 0.459 e. The van der Waals surface area contributed by atoms with Crippen LogP contribution in [0.25, 0.3) is 10.9 Å². The second-order valence-corrected chi connectivity index (χ2v) is 9.00. The third-order valence-electron chi connectivity index (χ3n) is 7.29. The zero-order valence-electron chi connectivity index (χ0n) is 18.5. The van der Waals surface area contributed by atoms with Gasteiger partial charge < -0.3 is 14.3 Å². The summed E-state index contributed by atoms with van der Waals surface area (Å²) >= 11 is 0. The lowest BCUT2D eigenvalue weighted by molar-refractivity contribution is 0.00567. The molecule has 0 atom stereocenters. The van der Waals surface area contributed by atoms with Crippen LogP contribution < -0.4 is 0 Å². The Balaban J connectivity index is 0.00000228. The monoisotopic (exact) mass is 461 g/mol. The standard InChI is InChI=1S/C27H27N3O2.ClH/c31-26(24-11-6-18-32-24)30-15-12-22-21-9-4-5-10-23(21)28-25(22)27(30)13-16-29(17-14-27)19-20-7-2-1-3-8-20;/h1-11,18,28H,12-17,19H2;1H. The summed E-state index contributed by atoms with van der Waals surface area (Å²) in [6.45, 7) is 3.56. The Morgan fingerprint density at radius 3 is 2.45 bits per heavy atom. The number of para-hydroxylation sites is 1. The molecule has 1 amide bonds. The molecule has 0 unspecified atom stereocenters. The van der Waals surface area contributed by atoms with Gasteiger partial charge in [0.1, 0.15) is 0 Å². The van der Waals surface area contributed by atoms with Crippen LogP contribution in [-0.4, -0.2) is 40.3 Å². The van der Waals surface area contributed by atoms with E-state index in [1.165, 1.54) is 22.2 Å². The number of nitrogens with zero attached hydrogens (tertiary/aromatic N) is 2. The van der Waals surface area contributed by atoms with Crippen LogP contribution in [0.5, 0.6) is 0 Å². The van der Waals surface area contributed by atoms with E-state index in [-0.39, 0.29) is 23.9 Å². The molecule has 170 valence electrons. The van der Waals surface area contributed by atoms with Gasteiger partial charge in [0.15, 0.2) is 5.76 Å². The molecule has 4 heterocycles. The average molecular weight is 462 g/mol. The van der Waals surface area contributed by atoms with Crippen molar-refractivity contribution in [1.82, 2.24) is 14.8 Å². The Hall–Kier alpha value is -3.02. The lowest BCUT2D eigenvalue weighted by Crippen LogP contribution is -2.58. The Morgan fingerprint density at radius 2 is 1.70 bits per heavy atom. The summed E-state index contributed by atoms with van der Waals surface area (Å²) in [6.07, 6.45) is 4.26. The van der Waals surface area contributed by atoms with Crippen LogP contribution in [0, 0.1) is 0 Å². The number of carbonyl (C=O) groups is 1. The number of rotatable bonds is 3. The Bertz CT molecular complexity index is 1240. The fourth-order valence-corrected chi connectivity index (χ4v) is 5.70. The van der Waals surface area contributed by atoms with E-state index < -0.39 is 0 Å². The van der Waals surface area contributed by atoms with E-state index in [9.17, 15) is 4.79 Å². The fraction of sp³-hybridized carbons (Fsp3) is 0.296. The van der Waals surface area contributed by atoms with Crippen LogP contribution in [0.2, 0.25) is 0 Å². The van der Waals surface area contributed by atoms with E-state index in [1.807, 2.05) is 0 Å². The minimum Gasteiger partial charge on any atom is -0.459 e. The first-order chi connectivity index (χ1) is 15.7. The van der Waals surface area contributed by atoms with Crippen molar-refractivity contribution in [2.75, 3.05) is 19.6 Å². The number of fused-ring (bicyclic) bond motifs is 4. The van der Waals surface area contributed by atoms with E-state index in [1.54, 1.807) is 18.4 Å². The first-order valence-corrected chi connectivity index (χ1v) is 11.5. The fourth-order valence-electron chi connectivity index (χ4n) is 5.70. The molecule has 0 aliphatic carbocycles. The number of furan rings is 1. The Labute approximate surface area is 199 Å². The minimum atomic E-state index is -0.330. The number of carbonyl (C=O) groups excluding carboxylic acids is 1. The second-order valence-electron chi connectivity index (χ2n) is 9.00. The molecule has 2 aromatic heterocycles. The predicted octanol–water partition coefficient (Wildman–Crippen LogP) is 5.37. The number of amides is 1. The molecule has 0 bridgehead atoms. The summed E-state index contributed by atoms with van der Waals surface area (Å²) in [5.41, 5.74) is 4.77. The molecule has 4 aromatic rings. The molecule has 2 aliphatic rings. The van der Waals surface area contributed by atoms with Crippen molar-refractivity contribution in [3.8, 4) is 0 Å². The van der Waals surface area contributed by atoms with E-state index >= 15 is 0 Å². The van der Waals surface area contributed by atoms with Crippen LogP contribution in [-0.2, 0) is 18.5 Å². The van der Waals surface area contributed by atoms with Crippen molar-refractivity contribution < 1.29 is 9.21 Å². The number of halogens is 1. The maximum atomic E-state index is 13.5. The third kappa shape index (κ3) is 3.65. The summed E-state index contributed by atoms with van der Waals surface area (Å²) < 4.78 is 5.52. The Morgan fingerprint density at radius 1 is 0.939 bits per heavy atom. The number of aromatic nitrogens is 1. The molecule has 2 aliphatic heterocycles. The van der Waals surface area contributed by atoms with E-state index in [2.05, 4.69) is 69.4 Å². The van der Waals surface area contributed by atoms with Gasteiger partial charge in [-0.25, -0.2) is 0 Å². The zero-order chi connectivity index (χ0) is 21.5. The molecule has 0 radical (unpaired) electrons. The van der Waals surface area contributed by atoms with Crippen LogP contribution in [0.1, 0.15) is 40.2 Å². The van der Waals surface area contributed by atoms with Crippen molar-refractivity contribution in [2.45, 2.75) is 31.3 Å². The number of hydrogen-bond donors (Lipinski definition) is 1. The van der Waals surface area contributed by atoms with Crippen molar-refractivity contribution in [3.63, 3.8) is 0 Å². The van der Waals surface area contributed by atoms with Gasteiger partial charge in [0.2, 0.25) is 0 Å². The number of H-pyrrole nitrogens is 1. The molecular formula is C27H28ClN3O2. The highest BCUT2D eigenvalue weighted by Crippen LogP contribution is 2.46. The molecular weight excluding hydrogens is 434 g/mol. The molecule has 5 nitrogen and oxygen atoms in total. The smallest absolute Gasteiger partial charge is 0.290 e. The average Bonchev–Trinajstić information content (AvgIpc) is 3.50. The highest BCUT2D eigenvalue weighted by molar-refractivity contribution is 5.93. The van der Waals surface area contributed by atoms with Gasteiger partial charge in [-0.3, -0.25) is 9.69 Å². The topological polar surface area (TPSA) is 52.5 Å². The van der Waals surface area contributed by atoms with Gasteiger partial charge in [0.25, 0.3) is 5.91 Å². The number of aromatic amines is 1. The van der Waals surface area contributed by atoms with Gasteiger partial charge in [-0.15, -0.1) is 12.4 Å². The quantitative estimate of drug-likeness (QED) is 0.446. The maximum Gasteiger partial charge on any atom is 0.290 e. The summed E-state index contributed by atoms with van der Waals surface area (Å²) in [6, 6.07) is 22.7. The van der Waals surface area contributed by atoms with Crippen LogP contribution >= 0.6 is 12.4 Å². The van der Waals surface area contributed by atoms with Gasteiger partial charge in [-0.05, 0) is 48.6 Å². The number of piperidine rings is 1. The minimum absolute atomic E-state index is 0. The van der Waals surface area contributed by atoms with E-state index in [0.717, 1.165) is 44.4 Å². The zero-order valence-corrected chi connectivity index (χ0v) is 19.3. The number of benzene rings is 2. The Kier molecular flexibility index (Phi) is 5.77. The summed E-state index contributed by atoms with van der Waals surface area (Å²) in [5, 5.41) is 1.29. The SMILES string of the molecule is Cl.O=C(c1ccco1)N1CCc2c([nH]c3ccccc23)C12CCN(Cc1ccccc1)CC2. The molecule has 33 heavy (non-hydrogen) atoms. The third-order valence-corrected chi connectivity index (χ3v) is 7.29. The number of likely N-dealkylation sites (tertiary alicyclic amines) is 1. The molecule has 6 rings (SSSR count). The predicted molar refractivity (Wildman–Crippen MR) is 132 cm³/mol. The van der Waals surface area contributed by atoms with Gasteiger partial charge in [-0.1, -0.05) is 48.5 Å². The van der Waals surface area contributed by atoms with Crippen molar-refractivity contribution >= 4 is 29.2 Å². The first kappa shape index (κ1) is 21.8. The van der Waals surface area contributed by atoms with Gasteiger partial charge in [-0.2, -0.15) is 0 Å². The second kappa shape index (κ2) is 8.73. The molecule has 1 N–H and O–H groups in total. The first-order valence-electron chi connectivity index (χ1n) is 11.5. The van der Waals surface area contributed by atoms with Crippen LogP contribution in [0.3, 0.4) is 0 Å². The van der Waals surface area contributed by atoms with Gasteiger partial charge >= 0.3 is 0 Å². The van der Waals surface area contributed by atoms with Crippen molar-refractivity contribution in [1.29, 1.82) is 0 Å². The molecule has 0 saturated carbocycles. The summed E-state index contributed by atoms with van der Waals surface area (Å²) in [7, 11) is 0. The number of hydrogen-bond acceptors (Lipinski definition) is 3. The number of nitrogens with one attached hydrogen (secondary N) is 1. The lowest BCUT2D eigenvalue weighted by atomic mass is 9.77. The molecule has 1 fully saturated rings. The van der Waals surface area contributed by atoms with E-state index in [0.29, 0.717) is 12.3 Å². The molecule has 6 heteroatoms. The summed E-state index contributed by atoms with van der Waals surface area (Å²) in [4.78, 5) is 21.9. The van der Waals surface area contributed by atoms with Crippen LogP contribution in [0.15, 0.2) is 77.4 Å². The van der Waals surface area contributed by atoms with Crippen LogP contribution in [0.4, 0.5) is 0 Å². The highest BCUT2D eigenvalue weighted by Gasteiger charge is 2.49. The lowest BCUT2D eigenvalue weighted by Gasteiger charge is -2.51. The molecule has 1 saturated heterocycles. The normalized spacial score (nSPS) is 17.6.